The molecule has 12 heteroatoms. The van der Waals surface area contributed by atoms with Crippen LogP contribution in [-0.4, -0.2) is 84.5 Å². The number of fused-ring (bicyclic) bond motifs is 1. The van der Waals surface area contributed by atoms with E-state index in [0.29, 0.717) is 29.2 Å². The molecule has 148 valence electrons. The van der Waals surface area contributed by atoms with Gasteiger partial charge in [0, 0.05) is 13.6 Å². The Morgan fingerprint density at radius 1 is 1.37 bits per heavy atom. The fourth-order valence-electron chi connectivity index (χ4n) is 3.05. The number of hydrogen-bond donors (Lipinski definition) is 6. The van der Waals surface area contributed by atoms with Gasteiger partial charge in [0.25, 0.3) is 0 Å². The number of aliphatic hydroxyl groups excluding tert-OH is 2. The van der Waals surface area contributed by atoms with Crippen LogP contribution in [-0.2, 0) is 9.53 Å². The molecule has 11 nitrogen and oxygen atoms in total. The molecule has 1 aliphatic rings. The van der Waals surface area contributed by atoms with Crippen LogP contribution in [0.5, 0.6) is 0 Å². The number of hydrogen-bond acceptors (Lipinski definition) is 10. The van der Waals surface area contributed by atoms with Gasteiger partial charge in [-0.1, -0.05) is 0 Å². The van der Waals surface area contributed by atoms with E-state index in [1.54, 1.807) is 7.05 Å². The average Bonchev–Trinajstić information content (AvgIpc) is 3.20. The number of ether oxygens (including phenoxy) is 1. The number of nitrogens with one attached hydrogen (secondary N) is 2. The fourth-order valence-corrected chi connectivity index (χ4v) is 3.31. The number of carbonyl (C=O) groups is 1. The second kappa shape index (κ2) is 8.35. The van der Waals surface area contributed by atoms with Crippen molar-refractivity contribution in [3.05, 3.63) is 12.7 Å². The Morgan fingerprint density at radius 3 is 2.81 bits per heavy atom. The largest absolute Gasteiger partial charge is 0.480 e. The smallest absolute Gasteiger partial charge is 0.320 e. The zero-order valence-corrected chi connectivity index (χ0v) is 15.5. The molecule has 0 spiro atoms. The SMILES string of the molecule is CNc1ncnc2c1ncn2[C@@H]1O[C@H](CN[C@@H](CCS)C(=O)O)[C@@H](O)[C@H]1O. The molecule has 2 aromatic rings. The molecule has 0 radical (unpaired) electrons. The molecule has 3 rings (SSSR count). The van der Waals surface area contributed by atoms with Crippen molar-refractivity contribution in [1.29, 1.82) is 0 Å². The summed E-state index contributed by atoms with van der Waals surface area (Å²) in [7, 11) is 1.71. The summed E-state index contributed by atoms with van der Waals surface area (Å²) in [6.45, 7) is 0.0584. The van der Waals surface area contributed by atoms with E-state index in [9.17, 15) is 20.1 Å². The van der Waals surface area contributed by atoms with Gasteiger partial charge in [0.2, 0.25) is 0 Å². The molecular weight excluding hydrogens is 376 g/mol. The highest BCUT2D eigenvalue weighted by atomic mass is 32.1. The third kappa shape index (κ3) is 3.84. The van der Waals surface area contributed by atoms with Crippen molar-refractivity contribution in [2.45, 2.75) is 37.0 Å². The van der Waals surface area contributed by atoms with Gasteiger partial charge < -0.3 is 30.7 Å². The van der Waals surface area contributed by atoms with Crippen LogP contribution in [0.2, 0.25) is 0 Å². The second-order valence-electron chi connectivity index (χ2n) is 6.15. The highest BCUT2D eigenvalue weighted by Gasteiger charge is 2.44. The number of aromatic nitrogens is 4. The summed E-state index contributed by atoms with van der Waals surface area (Å²) < 4.78 is 7.31. The summed E-state index contributed by atoms with van der Waals surface area (Å²) in [6, 6.07) is -0.811. The first kappa shape index (κ1) is 19.8. The summed E-state index contributed by atoms with van der Waals surface area (Å²) in [4.78, 5) is 23.7. The van der Waals surface area contributed by atoms with Crippen molar-refractivity contribution < 1.29 is 24.9 Å². The number of rotatable bonds is 8. The molecule has 3 heterocycles. The van der Waals surface area contributed by atoms with Crippen molar-refractivity contribution in [1.82, 2.24) is 24.8 Å². The van der Waals surface area contributed by atoms with Gasteiger partial charge >= 0.3 is 5.97 Å². The summed E-state index contributed by atoms with van der Waals surface area (Å²) in [5.41, 5.74) is 0.948. The topological polar surface area (TPSA) is 155 Å². The van der Waals surface area contributed by atoms with Crippen LogP contribution in [0, 0.1) is 0 Å². The molecule has 0 aliphatic carbocycles. The van der Waals surface area contributed by atoms with Crippen LogP contribution in [0.3, 0.4) is 0 Å². The van der Waals surface area contributed by atoms with Crippen LogP contribution in [0.15, 0.2) is 12.7 Å². The number of carboxylic acids is 1. The number of aliphatic hydroxyl groups is 2. The Labute approximate surface area is 160 Å². The fraction of sp³-hybridized carbons (Fsp3) is 0.600. The van der Waals surface area contributed by atoms with Crippen LogP contribution < -0.4 is 10.6 Å². The van der Waals surface area contributed by atoms with Gasteiger partial charge in [-0.3, -0.25) is 9.36 Å². The maximum absolute atomic E-state index is 11.2. The minimum atomic E-state index is -1.23. The van der Waals surface area contributed by atoms with E-state index in [0.717, 1.165) is 0 Å². The predicted octanol–water partition coefficient (Wildman–Crippen LogP) is -1.15. The Morgan fingerprint density at radius 2 is 2.15 bits per heavy atom. The van der Waals surface area contributed by atoms with Crippen LogP contribution in [0.25, 0.3) is 11.2 Å². The highest BCUT2D eigenvalue weighted by Crippen LogP contribution is 2.32. The van der Waals surface area contributed by atoms with E-state index in [-0.39, 0.29) is 6.54 Å². The second-order valence-corrected chi connectivity index (χ2v) is 6.60. The van der Waals surface area contributed by atoms with Crippen LogP contribution in [0.1, 0.15) is 12.6 Å². The van der Waals surface area contributed by atoms with Gasteiger partial charge in [-0.15, -0.1) is 0 Å². The van der Waals surface area contributed by atoms with Gasteiger partial charge in [0.15, 0.2) is 17.7 Å². The molecule has 5 N–H and O–H groups in total. The van der Waals surface area contributed by atoms with E-state index < -0.39 is 36.6 Å². The quantitative estimate of drug-likeness (QED) is 0.300. The molecule has 0 saturated carbocycles. The summed E-state index contributed by atoms with van der Waals surface area (Å²) in [6.07, 6.45) is -0.996. The van der Waals surface area contributed by atoms with E-state index >= 15 is 0 Å². The Hall–Kier alpha value is -1.99. The average molecular weight is 398 g/mol. The van der Waals surface area contributed by atoms with E-state index in [1.807, 2.05) is 0 Å². The molecule has 1 aliphatic heterocycles. The zero-order chi connectivity index (χ0) is 19.6. The Balaban J connectivity index is 1.76. The number of anilines is 1. The lowest BCUT2D eigenvalue weighted by atomic mass is 10.1. The molecule has 5 atom stereocenters. The maximum atomic E-state index is 11.2. The standard InChI is InChI=1S/C15H22N6O5S/c1-16-12-9-13(19-5-18-12)21(6-20-9)14-11(23)10(22)8(26-14)4-17-7(2-3-27)15(24)25/h5-8,10-11,14,17,22-23,27H,2-4H2,1H3,(H,24,25)(H,16,18,19)/t7-,8+,10+,11+,14+/m0/s1. The molecule has 0 aromatic carbocycles. The monoisotopic (exact) mass is 398 g/mol. The minimum absolute atomic E-state index is 0.0584. The number of imidazole rings is 1. The first-order chi connectivity index (χ1) is 13.0. The van der Waals surface area contributed by atoms with Crippen LogP contribution in [0.4, 0.5) is 5.82 Å². The molecule has 2 aromatic heterocycles. The van der Waals surface area contributed by atoms with E-state index in [2.05, 4.69) is 38.2 Å². The van der Waals surface area contributed by atoms with Crippen molar-refractivity contribution >= 4 is 35.6 Å². The zero-order valence-electron chi connectivity index (χ0n) is 14.6. The summed E-state index contributed by atoms with van der Waals surface area (Å²) >= 11 is 4.04. The number of carboxylic acid groups (broad SMARTS) is 1. The first-order valence-corrected chi connectivity index (χ1v) is 9.05. The highest BCUT2D eigenvalue weighted by molar-refractivity contribution is 7.80. The van der Waals surface area contributed by atoms with Gasteiger partial charge in [-0.2, -0.15) is 12.6 Å². The number of aliphatic carboxylic acids is 1. The molecule has 0 unspecified atom stereocenters. The van der Waals surface area contributed by atoms with Gasteiger partial charge in [0.05, 0.1) is 6.33 Å². The van der Waals surface area contributed by atoms with Gasteiger partial charge in [-0.25, -0.2) is 15.0 Å². The first-order valence-electron chi connectivity index (χ1n) is 8.41. The van der Waals surface area contributed by atoms with Crippen molar-refractivity contribution in [2.24, 2.45) is 0 Å². The predicted molar refractivity (Wildman–Crippen MR) is 98.7 cm³/mol. The lowest BCUT2D eigenvalue weighted by Crippen LogP contribution is -2.44. The Kier molecular flexibility index (Phi) is 6.11. The van der Waals surface area contributed by atoms with Crippen molar-refractivity contribution in [3.8, 4) is 0 Å². The summed E-state index contributed by atoms with van der Waals surface area (Å²) in [5, 5.41) is 35.7. The van der Waals surface area contributed by atoms with Gasteiger partial charge in [0.1, 0.15) is 36.2 Å². The molecule has 1 fully saturated rings. The third-order valence-electron chi connectivity index (χ3n) is 4.49. The summed E-state index contributed by atoms with van der Waals surface area (Å²) in [5.74, 6) is -0.0794. The molecule has 0 bridgehead atoms. The van der Waals surface area contributed by atoms with E-state index in [4.69, 9.17) is 4.74 Å². The van der Waals surface area contributed by atoms with Crippen molar-refractivity contribution in [2.75, 3.05) is 24.7 Å². The van der Waals surface area contributed by atoms with E-state index in [1.165, 1.54) is 17.2 Å². The molecule has 1 saturated heterocycles. The lowest BCUT2D eigenvalue weighted by Gasteiger charge is -2.19. The van der Waals surface area contributed by atoms with Crippen LogP contribution >= 0.6 is 12.6 Å². The third-order valence-corrected chi connectivity index (χ3v) is 4.75. The molecule has 27 heavy (non-hydrogen) atoms. The maximum Gasteiger partial charge on any atom is 0.320 e. The lowest BCUT2D eigenvalue weighted by molar-refractivity contribution is -0.139. The number of nitrogens with zero attached hydrogens (tertiary/aromatic N) is 4. The molecular formula is C15H22N6O5S. The van der Waals surface area contributed by atoms with Gasteiger partial charge in [-0.05, 0) is 12.2 Å². The number of thiol groups is 1. The normalized spacial score (nSPS) is 26.4. The van der Waals surface area contributed by atoms with Crippen molar-refractivity contribution in [3.63, 3.8) is 0 Å². The Bertz CT molecular complexity index is 804. The molecule has 0 amide bonds. The minimum Gasteiger partial charge on any atom is -0.480 e.